The monoisotopic (exact) mass is 465 g/mol. The summed E-state index contributed by atoms with van der Waals surface area (Å²) < 4.78 is 37.5. The average Bonchev–Trinajstić information content (AvgIpc) is 3.17. The molecule has 1 fully saturated rings. The summed E-state index contributed by atoms with van der Waals surface area (Å²) in [4.78, 5) is 28.4. The maximum Gasteiger partial charge on any atom is 0.241 e. The number of amides is 2. The average molecular weight is 466 g/mol. The molecule has 1 aliphatic rings. The van der Waals surface area contributed by atoms with E-state index in [0.717, 1.165) is 0 Å². The van der Waals surface area contributed by atoms with E-state index in [0.29, 0.717) is 43.5 Å². The highest BCUT2D eigenvalue weighted by Crippen LogP contribution is 2.16. The minimum absolute atomic E-state index is 0.0519. The van der Waals surface area contributed by atoms with Gasteiger partial charge in [0, 0.05) is 32.2 Å². The van der Waals surface area contributed by atoms with Crippen LogP contribution >= 0.6 is 0 Å². The fraction of sp³-hybridized carbons (Fsp3) is 0.450. The number of anilines is 1. The van der Waals surface area contributed by atoms with Gasteiger partial charge < -0.3 is 19.5 Å². The Kier molecular flexibility index (Phi) is 7.48. The number of benzene rings is 1. The molecule has 1 aromatic heterocycles. The number of hydrogen-bond donors (Lipinski definition) is 2. The predicted octanol–water partition coefficient (Wildman–Crippen LogP) is 0.441. The molecule has 1 saturated heterocycles. The highest BCUT2D eigenvalue weighted by molar-refractivity contribution is 7.89. The summed E-state index contributed by atoms with van der Waals surface area (Å²) in [5.41, 5.74) is 0. The minimum atomic E-state index is -3.85. The van der Waals surface area contributed by atoms with Crippen molar-refractivity contribution in [1.29, 1.82) is 0 Å². The van der Waals surface area contributed by atoms with E-state index in [4.69, 9.17) is 9.26 Å². The van der Waals surface area contributed by atoms with Gasteiger partial charge in [-0.3, -0.25) is 14.5 Å². The second-order valence-corrected chi connectivity index (χ2v) is 9.20. The van der Waals surface area contributed by atoms with Crippen LogP contribution in [0.4, 0.5) is 5.82 Å². The lowest BCUT2D eigenvalue weighted by atomic mass is 10.2. The maximum absolute atomic E-state index is 12.7. The van der Waals surface area contributed by atoms with E-state index in [1.807, 2.05) is 4.90 Å². The zero-order valence-corrected chi connectivity index (χ0v) is 19.0. The first-order valence-corrected chi connectivity index (χ1v) is 11.6. The number of ether oxygens (including phenoxy) is 1. The second kappa shape index (κ2) is 10.1. The summed E-state index contributed by atoms with van der Waals surface area (Å²) in [6.07, 6.45) is 0. The molecular weight excluding hydrogens is 438 g/mol. The molecule has 32 heavy (non-hydrogen) atoms. The zero-order chi connectivity index (χ0) is 23.3. The van der Waals surface area contributed by atoms with Gasteiger partial charge in [-0.25, -0.2) is 8.42 Å². The largest absolute Gasteiger partial charge is 0.497 e. The van der Waals surface area contributed by atoms with Gasteiger partial charge in [0.25, 0.3) is 0 Å². The number of carbonyl (C=O) groups is 2. The number of aryl methyl sites for hydroxylation is 1. The summed E-state index contributed by atoms with van der Waals surface area (Å²) in [5, 5.41) is 6.38. The lowest BCUT2D eigenvalue weighted by Gasteiger charge is -2.35. The number of nitrogens with one attached hydrogen (secondary N) is 2. The highest BCUT2D eigenvalue weighted by atomic mass is 32.2. The number of carbonyl (C=O) groups excluding carboxylic acids is 2. The van der Waals surface area contributed by atoms with E-state index >= 15 is 0 Å². The smallest absolute Gasteiger partial charge is 0.241 e. The number of rotatable bonds is 8. The highest BCUT2D eigenvalue weighted by Gasteiger charge is 2.29. The molecule has 12 heteroatoms. The molecule has 0 saturated carbocycles. The summed E-state index contributed by atoms with van der Waals surface area (Å²) in [7, 11) is -2.36. The van der Waals surface area contributed by atoms with Crippen LogP contribution in [0.2, 0.25) is 0 Å². The third-order valence-corrected chi connectivity index (χ3v) is 6.58. The van der Waals surface area contributed by atoms with Gasteiger partial charge in [0.05, 0.1) is 24.6 Å². The quantitative estimate of drug-likeness (QED) is 0.574. The van der Waals surface area contributed by atoms with Crippen LogP contribution in [0.1, 0.15) is 12.7 Å². The Morgan fingerprint density at radius 2 is 1.84 bits per heavy atom. The number of methoxy groups -OCH3 is 1. The second-order valence-electron chi connectivity index (χ2n) is 7.49. The molecule has 0 unspecified atom stereocenters. The number of sulfonamides is 1. The summed E-state index contributed by atoms with van der Waals surface area (Å²) in [5.74, 6) is 0.960. The van der Waals surface area contributed by atoms with Gasteiger partial charge in [-0.15, -0.1) is 0 Å². The molecule has 174 valence electrons. The van der Waals surface area contributed by atoms with Crippen LogP contribution in [-0.4, -0.2) is 81.1 Å². The van der Waals surface area contributed by atoms with Crippen LogP contribution in [0.5, 0.6) is 5.75 Å². The molecule has 0 bridgehead atoms. The van der Waals surface area contributed by atoms with E-state index < -0.39 is 16.1 Å². The van der Waals surface area contributed by atoms with E-state index in [9.17, 15) is 18.0 Å². The topological polar surface area (TPSA) is 134 Å². The van der Waals surface area contributed by atoms with Gasteiger partial charge in [0.1, 0.15) is 11.5 Å². The number of piperazine rings is 1. The summed E-state index contributed by atoms with van der Waals surface area (Å²) in [6.45, 7) is 5.19. The van der Waals surface area contributed by atoms with Crippen molar-refractivity contribution in [2.24, 2.45) is 0 Å². The minimum Gasteiger partial charge on any atom is -0.497 e. The Labute approximate surface area is 186 Å². The van der Waals surface area contributed by atoms with E-state index in [1.54, 1.807) is 30.0 Å². The van der Waals surface area contributed by atoms with Gasteiger partial charge in [0.2, 0.25) is 21.8 Å². The molecule has 0 radical (unpaired) electrons. The Morgan fingerprint density at radius 1 is 1.19 bits per heavy atom. The molecule has 1 atom stereocenters. The van der Waals surface area contributed by atoms with Crippen molar-refractivity contribution in [2.75, 3.05) is 45.2 Å². The SMILES string of the molecule is COc1ccc(S(=O)(=O)N[C@@H](C)C(=O)N2CCN(CC(=O)Nc3cc(C)on3)CC2)cc1. The van der Waals surface area contributed by atoms with E-state index in [-0.39, 0.29) is 23.3 Å². The molecule has 11 nitrogen and oxygen atoms in total. The van der Waals surface area contributed by atoms with Gasteiger partial charge >= 0.3 is 0 Å². The van der Waals surface area contributed by atoms with Gasteiger partial charge in [0.15, 0.2) is 5.82 Å². The molecule has 2 heterocycles. The Morgan fingerprint density at radius 3 is 2.41 bits per heavy atom. The van der Waals surface area contributed by atoms with Crippen LogP contribution < -0.4 is 14.8 Å². The summed E-state index contributed by atoms with van der Waals surface area (Å²) in [6, 6.07) is 6.63. The lowest BCUT2D eigenvalue weighted by Crippen LogP contribution is -2.54. The van der Waals surface area contributed by atoms with Crippen molar-refractivity contribution >= 4 is 27.7 Å². The van der Waals surface area contributed by atoms with Crippen LogP contribution in [0.25, 0.3) is 0 Å². The van der Waals surface area contributed by atoms with Crippen molar-refractivity contribution in [3.05, 3.63) is 36.1 Å². The third kappa shape index (κ3) is 6.05. The molecule has 0 spiro atoms. The van der Waals surface area contributed by atoms with Crippen LogP contribution in [0.15, 0.2) is 39.8 Å². The van der Waals surface area contributed by atoms with Crippen LogP contribution in [0, 0.1) is 6.92 Å². The van der Waals surface area contributed by atoms with Crippen molar-refractivity contribution < 1.29 is 27.3 Å². The molecule has 3 rings (SSSR count). The Balaban J connectivity index is 1.48. The fourth-order valence-electron chi connectivity index (χ4n) is 3.32. The third-order valence-electron chi connectivity index (χ3n) is 5.02. The van der Waals surface area contributed by atoms with Crippen molar-refractivity contribution in [1.82, 2.24) is 19.7 Å². The predicted molar refractivity (Wildman–Crippen MR) is 116 cm³/mol. The van der Waals surface area contributed by atoms with E-state index in [1.165, 1.54) is 26.2 Å². The maximum atomic E-state index is 12.7. The first-order chi connectivity index (χ1) is 15.2. The molecule has 1 aliphatic heterocycles. The van der Waals surface area contributed by atoms with Gasteiger partial charge in [-0.2, -0.15) is 4.72 Å². The first kappa shape index (κ1) is 23.7. The zero-order valence-electron chi connectivity index (χ0n) is 18.2. The number of nitrogens with zero attached hydrogens (tertiary/aromatic N) is 3. The fourth-order valence-corrected chi connectivity index (χ4v) is 4.51. The molecule has 1 aromatic carbocycles. The van der Waals surface area contributed by atoms with Crippen LogP contribution in [-0.2, 0) is 19.6 Å². The summed E-state index contributed by atoms with van der Waals surface area (Å²) >= 11 is 0. The van der Waals surface area contributed by atoms with Gasteiger partial charge in [-0.05, 0) is 38.1 Å². The molecule has 2 N–H and O–H groups in total. The van der Waals surface area contributed by atoms with Crippen molar-refractivity contribution in [3.63, 3.8) is 0 Å². The standard InChI is InChI=1S/C20H27N5O6S/c1-14-12-18(22-31-14)21-19(26)13-24-8-10-25(11-9-24)20(27)15(2)23-32(28,29)17-6-4-16(30-3)5-7-17/h4-7,12,15,23H,8-11,13H2,1-3H3,(H,21,22,26)/t15-/m0/s1. The Bertz CT molecular complexity index is 1040. The molecule has 2 amide bonds. The van der Waals surface area contributed by atoms with Gasteiger partial charge in [-0.1, -0.05) is 5.16 Å². The molecule has 2 aromatic rings. The molecule has 0 aliphatic carbocycles. The molecular formula is C20H27N5O6S. The normalized spacial score (nSPS) is 15.9. The Hall–Kier alpha value is -2.96. The number of aromatic nitrogens is 1. The van der Waals surface area contributed by atoms with Crippen molar-refractivity contribution in [2.45, 2.75) is 24.8 Å². The van der Waals surface area contributed by atoms with Crippen molar-refractivity contribution in [3.8, 4) is 5.75 Å². The lowest BCUT2D eigenvalue weighted by molar-refractivity contribution is -0.134. The number of hydrogen-bond acceptors (Lipinski definition) is 8. The first-order valence-electron chi connectivity index (χ1n) is 10.1. The van der Waals surface area contributed by atoms with E-state index in [2.05, 4.69) is 15.2 Å². The van der Waals surface area contributed by atoms with Crippen LogP contribution in [0.3, 0.4) is 0 Å².